The van der Waals surface area contributed by atoms with Crippen molar-refractivity contribution in [1.29, 1.82) is 0 Å². The summed E-state index contributed by atoms with van der Waals surface area (Å²) in [6.07, 6.45) is 1.92. The molecule has 1 heterocycles. The smallest absolute Gasteiger partial charge is 0.273 e. The molecule has 0 fully saturated rings. The van der Waals surface area contributed by atoms with E-state index in [1.54, 1.807) is 24.4 Å². The Hall–Kier alpha value is -4.17. The Kier molecular flexibility index (Phi) is 6.14. The molecular formula is C24H22N4O4. The van der Waals surface area contributed by atoms with Crippen LogP contribution in [0.2, 0.25) is 0 Å². The van der Waals surface area contributed by atoms with Gasteiger partial charge in [-0.05, 0) is 42.8 Å². The van der Waals surface area contributed by atoms with Gasteiger partial charge in [-0.1, -0.05) is 36.4 Å². The van der Waals surface area contributed by atoms with Crippen LogP contribution in [0.4, 0.5) is 5.69 Å². The van der Waals surface area contributed by atoms with Gasteiger partial charge in [0.1, 0.15) is 17.3 Å². The van der Waals surface area contributed by atoms with E-state index in [1.807, 2.05) is 54.6 Å². The lowest BCUT2D eigenvalue weighted by Gasteiger charge is -2.15. The van der Waals surface area contributed by atoms with Gasteiger partial charge in [-0.2, -0.15) is 0 Å². The van der Waals surface area contributed by atoms with Crippen molar-refractivity contribution in [2.75, 3.05) is 12.4 Å². The van der Waals surface area contributed by atoms with Gasteiger partial charge in [0.05, 0.1) is 22.7 Å². The molecule has 1 unspecified atom stereocenters. The van der Waals surface area contributed by atoms with E-state index in [1.165, 1.54) is 10.7 Å². The molecule has 1 atom stereocenters. The Balaban J connectivity index is 1.63. The maximum atomic E-state index is 11.5. The summed E-state index contributed by atoms with van der Waals surface area (Å²) in [6, 6.07) is 23.3. The molecule has 1 aromatic heterocycles. The summed E-state index contributed by atoms with van der Waals surface area (Å²) in [5.74, 6) is 7.52. The van der Waals surface area contributed by atoms with Gasteiger partial charge in [-0.3, -0.25) is 14.8 Å². The van der Waals surface area contributed by atoms with Crippen molar-refractivity contribution >= 4 is 5.69 Å². The van der Waals surface area contributed by atoms with E-state index in [0.29, 0.717) is 22.8 Å². The number of nitrogens with two attached hydrogens (primary N) is 1. The predicted molar refractivity (Wildman–Crippen MR) is 121 cm³/mol. The van der Waals surface area contributed by atoms with E-state index in [9.17, 15) is 15.2 Å². The fourth-order valence-corrected chi connectivity index (χ4v) is 3.62. The van der Waals surface area contributed by atoms with E-state index in [2.05, 4.69) is 4.98 Å². The molecule has 0 aliphatic heterocycles. The molecule has 0 aliphatic rings. The highest BCUT2D eigenvalue weighted by Gasteiger charge is 2.27. The molecule has 32 heavy (non-hydrogen) atoms. The zero-order valence-corrected chi connectivity index (χ0v) is 17.2. The summed E-state index contributed by atoms with van der Waals surface area (Å²) in [4.78, 5) is 15.7. The monoisotopic (exact) mass is 430 g/mol. The fraction of sp³-hybridized carbons (Fsp3) is 0.125. The van der Waals surface area contributed by atoms with Crippen molar-refractivity contribution in [3.63, 3.8) is 0 Å². The van der Waals surface area contributed by atoms with Gasteiger partial charge in [0.2, 0.25) is 0 Å². The molecule has 8 nitrogen and oxygen atoms in total. The number of nitrogen functional groups attached to an aromatic ring is 1. The number of imidazole rings is 1. The van der Waals surface area contributed by atoms with Crippen molar-refractivity contribution in [2.24, 2.45) is 0 Å². The molecule has 0 saturated heterocycles. The fourth-order valence-electron chi connectivity index (χ4n) is 3.62. The lowest BCUT2D eigenvalue weighted by Crippen LogP contribution is -2.17. The number of rotatable bonds is 8. The third kappa shape index (κ3) is 4.45. The van der Waals surface area contributed by atoms with Gasteiger partial charge in [-0.25, -0.2) is 4.98 Å². The second-order valence-electron chi connectivity index (χ2n) is 7.21. The number of aromatic nitrogens is 2. The first-order chi connectivity index (χ1) is 15.6. The Bertz CT molecular complexity index is 1210. The molecule has 3 N–H and O–H groups in total. The molecule has 8 heteroatoms. The van der Waals surface area contributed by atoms with E-state index < -0.39 is 10.8 Å². The standard InChI is InChI=1S/C24H22N4O4/c25-27-16-22(17-10-12-19(13-11-17)32-18-6-2-1-3-7-18)26-24(27)21(14-15-29)20-8-4-5-9-23(20)28(30)31/h1-13,16,21,29H,14-15,25H2. The number of nitro groups is 1. The van der Waals surface area contributed by atoms with Crippen LogP contribution < -0.4 is 10.6 Å². The van der Waals surface area contributed by atoms with Crippen molar-refractivity contribution in [1.82, 2.24) is 9.66 Å². The third-order valence-electron chi connectivity index (χ3n) is 5.13. The number of para-hydroxylation sites is 2. The molecule has 0 aliphatic carbocycles. The van der Waals surface area contributed by atoms with Gasteiger partial charge in [0, 0.05) is 23.8 Å². The van der Waals surface area contributed by atoms with Crippen LogP contribution in [0.25, 0.3) is 11.3 Å². The molecule has 0 amide bonds. The Morgan fingerprint density at radius 3 is 2.34 bits per heavy atom. The van der Waals surface area contributed by atoms with Crippen LogP contribution in [0, 0.1) is 10.1 Å². The van der Waals surface area contributed by atoms with E-state index >= 15 is 0 Å². The van der Waals surface area contributed by atoms with E-state index in [4.69, 9.17) is 10.6 Å². The number of aliphatic hydroxyl groups is 1. The maximum absolute atomic E-state index is 11.5. The topological polar surface area (TPSA) is 116 Å². The summed E-state index contributed by atoms with van der Waals surface area (Å²) < 4.78 is 7.18. The van der Waals surface area contributed by atoms with Crippen molar-refractivity contribution < 1.29 is 14.8 Å². The second-order valence-corrected chi connectivity index (χ2v) is 7.21. The van der Waals surface area contributed by atoms with Gasteiger partial charge < -0.3 is 15.7 Å². The summed E-state index contributed by atoms with van der Waals surface area (Å²) in [5.41, 5.74) is 1.87. The van der Waals surface area contributed by atoms with Crippen LogP contribution >= 0.6 is 0 Å². The number of hydrogen-bond donors (Lipinski definition) is 2. The molecule has 0 bridgehead atoms. The molecule has 0 radical (unpaired) electrons. The van der Waals surface area contributed by atoms with Crippen molar-refractivity contribution in [3.8, 4) is 22.8 Å². The number of nitro benzene ring substituents is 1. The zero-order valence-electron chi connectivity index (χ0n) is 17.2. The summed E-state index contributed by atoms with van der Waals surface area (Å²) in [6.45, 7) is -0.162. The molecular weight excluding hydrogens is 408 g/mol. The van der Waals surface area contributed by atoms with E-state index in [0.717, 1.165) is 11.3 Å². The average Bonchev–Trinajstić information content (AvgIpc) is 3.20. The zero-order chi connectivity index (χ0) is 22.5. The van der Waals surface area contributed by atoms with Crippen LogP contribution in [0.5, 0.6) is 11.5 Å². The number of aliphatic hydroxyl groups excluding tert-OH is 1. The van der Waals surface area contributed by atoms with Gasteiger partial charge in [0.15, 0.2) is 0 Å². The Morgan fingerprint density at radius 1 is 1.00 bits per heavy atom. The highest BCUT2D eigenvalue weighted by molar-refractivity contribution is 5.60. The quantitative estimate of drug-likeness (QED) is 0.242. The first-order valence-electron chi connectivity index (χ1n) is 10.1. The maximum Gasteiger partial charge on any atom is 0.273 e. The highest BCUT2D eigenvalue weighted by atomic mass is 16.6. The summed E-state index contributed by atoms with van der Waals surface area (Å²) in [5, 5.41) is 21.1. The van der Waals surface area contributed by atoms with Crippen LogP contribution in [0.1, 0.15) is 23.7 Å². The third-order valence-corrected chi connectivity index (χ3v) is 5.13. The van der Waals surface area contributed by atoms with Gasteiger partial charge in [0.25, 0.3) is 5.69 Å². The van der Waals surface area contributed by atoms with Crippen molar-refractivity contribution in [2.45, 2.75) is 12.3 Å². The van der Waals surface area contributed by atoms with Gasteiger partial charge in [-0.15, -0.1) is 0 Å². The lowest BCUT2D eigenvalue weighted by atomic mass is 9.93. The summed E-state index contributed by atoms with van der Waals surface area (Å²) >= 11 is 0. The van der Waals surface area contributed by atoms with E-state index in [-0.39, 0.29) is 18.7 Å². The minimum absolute atomic E-state index is 0.0297. The first kappa shape index (κ1) is 21.1. The minimum atomic E-state index is -0.527. The normalized spacial score (nSPS) is 11.8. The van der Waals surface area contributed by atoms with Crippen LogP contribution in [0.15, 0.2) is 85.1 Å². The number of hydrogen-bond acceptors (Lipinski definition) is 6. The second kappa shape index (κ2) is 9.32. The highest BCUT2D eigenvalue weighted by Crippen LogP contribution is 2.34. The van der Waals surface area contributed by atoms with Crippen LogP contribution in [-0.4, -0.2) is 26.3 Å². The van der Waals surface area contributed by atoms with Crippen LogP contribution in [0.3, 0.4) is 0 Å². The molecule has 0 saturated carbocycles. The molecule has 162 valence electrons. The predicted octanol–water partition coefficient (Wildman–Crippen LogP) is 4.48. The number of nitrogens with zero attached hydrogens (tertiary/aromatic N) is 3. The number of benzene rings is 3. The SMILES string of the molecule is Nn1cc(-c2ccc(Oc3ccccc3)cc2)nc1C(CCO)c1ccccc1[N+](=O)[O-]. The average molecular weight is 430 g/mol. The molecule has 0 spiro atoms. The van der Waals surface area contributed by atoms with Gasteiger partial charge >= 0.3 is 0 Å². The number of ether oxygens (including phenoxy) is 1. The molecule has 3 aromatic carbocycles. The first-order valence-corrected chi connectivity index (χ1v) is 10.1. The molecule has 4 aromatic rings. The lowest BCUT2D eigenvalue weighted by molar-refractivity contribution is -0.385. The largest absolute Gasteiger partial charge is 0.457 e. The Labute approximate surface area is 184 Å². The Morgan fingerprint density at radius 2 is 1.66 bits per heavy atom. The summed E-state index contributed by atoms with van der Waals surface area (Å²) in [7, 11) is 0. The van der Waals surface area contributed by atoms with Crippen molar-refractivity contribution in [3.05, 3.63) is 107 Å². The van der Waals surface area contributed by atoms with Crippen LogP contribution in [-0.2, 0) is 0 Å². The minimum Gasteiger partial charge on any atom is -0.457 e. The molecule has 4 rings (SSSR count).